The van der Waals surface area contributed by atoms with Crippen molar-refractivity contribution in [2.75, 3.05) is 19.7 Å². The van der Waals surface area contributed by atoms with Gasteiger partial charge in [0.1, 0.15) is 5.75 Å². The van der Waals surface area contributed by atoms with Gasteiger partial charge in [0.05, 0.1) is 0 Å². The van der Waals surface area contributed by atoms with Crippen LogP contribution in [0.3, 0.4) is 0 Å². The van der Waals surface area contributed by atoms with Gasteiger partial charge in [-0.2, -0.15) is 0 Å². The highest BCUT2D eigenvalue weighted by Gasteiger charge is 2.11. The van der Waals surface area contributed by atoms with Crippen LogP contribution >= 0.6 is 15.9 Å². The first-order chi connectivity index (χ1) is 12.6. The smallest absolute Gasteiger partial charge is 0.258 e. The molecule has 1 fully saturated rings. The monoisotopic (exact) mass is 416 g/mol. The van der Waals surface area contributed by atoms with E-state index in [0.29, 0.717) is 12.3 Å². The molecule has 5 heteroatoms. The first-order valence-electron chi connectivity index (χ1n) is 9.06. The van der Waals surface area contributed by atoms with Crippen molar-refractivity contribution in [2.45, 2.75) is 32.9 Å². The van der Waals surface area contributed by atoms with Gasteiger partial charge in [0.25, 0.3) is 5.91 Å². The van der Waals surface area contributed by atoms with E-state index < -0.39 is 0 Å². The Morgan fingerprint density at radius 2 is 1.81 bits per heavy atom. The normalized spacial score (nSPS) is 14.4. The zero-order valence-corrected chi connectivity index (χ0v) is 16.7. The Balaban J connectivity index is 1.41. The fourth-order valence-electron chi connectivity index (χ4n) is 3.07. The number of ether oxygens (including phenoxy) is 1. The van der Waals surface area contributed by atoms with Crippen LogP contribution in [0.5, 0.6) is 5.75 Å². The number of carbonyl (C=O) groups excluding carboxylic acids is 1. The number of hydrogen-bond donors (Lipinski definition) is 1. The minimum Gasteiger partial charge on any atom is -0.484 e. The summed E-state index contributed by atoms with van der Waals surface area (Å²) in [7, 11) is 0. The summed E-state index contributed by atoms with van der Waals surface area (Å²) in [5.41, 5.74) is 3.51. The molecule has 26 heavy (non-hydrogen) atoms. The second-order valence-corrected chi connectivity index (χ2v) is 7.63. The first-order valence-corrected chi connectivity index (χ1v) is 9.85. The maximum absolute atomic E-state index is 12.0. The third kappa shape index (κ3) is 5.58. The van der Waals surface area contributed by atoms with Gasteiger partial charge in [-0.15, -0.1) is 0 Å². The Labute approximate surface area is 163 Å². The Bertz CT molecular complexity index is 740. The highest BCUT2D eigenvalue weighted by atomic mass is 79.9. The van der Waals surface area contributed by atoms with Gasteiger partial charge in [0, 0.05) is 17.6 Å². The molecule has 1 amide bonds. The van der Waals surface area contributed by atoms with E-state index in [-0.39, 0.29) is 12.5 Å². The van der Waals surface area contributed by atoms with Crippen molar-refractivity contribution in [3.8, 4) is 5.75 Å². The Kier molecular flexibility index (Phi) is 6.69. The van der Waals surface area contributed by atoms with Crippen molar-refractivity contribution in [3.05, 3.63) is 63.6 Å². The average molecular weight is 417 g/mol. The zero-order valence-electron chi connectivity index (χ0n) is 15.1. The van der Waals surface area contributed by atoms with Gasteiger partial charge in [-0.3, -0.25) is 9.69 Å². The molecule has 1 N–H and O–H groups in total. The van der Waals surface area contributed by atoms with Gasteiger partial charge in [-0.05, 0) is 67.7 Å². The van der Waals surface area contributed by atoms with Crippen molar-refractivity contribution in [2.24, 2.45) is 0 Å². The van der Waals surface area contributed by atoms with E-state index in [1.54, 1.807) is 0 Å². The molecule has 0 atom stereocenters. The van der Waals surface area contributed by atoms with E-state index in [4.69, 9.17) is 4.74 Å². The number of rotatable bonds is 7. The van der Waals surface area contributed by atoms with Crippen LogP contribution in [0.2, 0.25) is 0 Å². The molecule has 1 aliphatic heterocycles. The first kappa shape index (κ1) is 18.9. The molecule has 0 saturated carbocycles. The maximum Gasteiger partial charge on any atom is 0.258 e. The van der Waals surface area contributed by atoms with Gasteiger partial charge < -0.3 is 10.1 Å². The molecule has 4 nitrogen and oxygen atoms in total. The molecule has 0 spiro atoms. The number of carbonyl (C=O) groups is 1. The van der Waals surface area contributed by atoms with E-state index >= 15 is 0 Å². The van der Waals surface area contributed by atoms with Crippen molar-refractivity contribution < 1.29 is 9.53 Å². The van der Waals surface area contributed by atoms with E-state index in [0.717, 1.165) is 22.1 Å². The van der Waals surface area contributed by atoms with Crippen LogP contribution in [-0.2, 0) is 17.9 Å². The molecule has 0 bridgehead atoms. The Morgan fingerprint density at radius 3 is 2.50 bits per heavy atom. The topological polar surface area (TPSA) is 41.6 Å². The number of halogens is 1. The highest BCUT2D eigenvalue weighted by molar-refractivity contribution is 9.10. The van der Waals surface area contributed by atoms with Crippen LogP contribution in [-0.4, -0.2) is 30.5 Å². The molecule has 1 heterocycles. The zero-order chi connectivity index (χ0) is 18.4. The fraction of sp³-hybridized carbons (Fsp3) is 0.381. The van der Waals surface area contributed by atoms with Crippen LogP contribution in [0.4, 0.5) is 0 Å². The number of nitrogens with one attached hydrogen (secondary N) is 1. The molecule has 1 aliphatic rings. The third-order valence-corrected chi connectivity index (χ3v) is 5.51. The molecule has 0 radical (unpaired) electrons. The van der Waals surface area contributed by atoms with Crippen molar-refractivity contribution in [1.82, 2.24) is 10.2 Å². The minimum absolute atomic E-state index is 0.0219. The van der Waals surface area contributed by atoms with E-state index in [1.807, 2.05) is 25.1 Å². The van der Waals surface area contributed by atoms with E-state index in [1.165, 1.54) is 31.5 Å². The van der Waals surface area contributed by atoms with Gasteiger partial charge in [-0.25, -0.2) is 0 Å². The lowest BCUT2D eigenvalue weighted by Crippen LogP contribution is -2.28. The number of likely N-dealkylation sites (tertiary alicyclic amines) is 1. The summed E-state index contributed by atoms with van der Waals surface area (Å²) in [5, 5.41) is 2.90. The summed E-state index contributed by atoms with van der Waals surface area (Å²) in [6.07, 6.45) is 2.62. The third-order valence-electron chi connectivity index (χ3n) is 4.62. The van der Waals surface area contributed by atoms with Gasteiger partial charge in [0.2, 0.25) is 0 Å². The van der Waals surface area contributed by atoms with Gasteiger partial charge >= 0.3 is 0 Å². The van der Waals surface area contributed by atoms with Crippen LogP contribution < -0.4 is 10.1 Å². The quantitative estimate of drug-likeness (QED) is 0.739. The SMILES string of the molecule is Cc1cc(OCC(=O)NCc2ccc(CN3CCCC3)cc2)ccc1Br. The van der Waals surface area contributed by atoms with Gasteiger partial charge in [0.15, 0.2) is 6.61 Å². The fourth-order valence-corrected chi connectivity index (χ4v) is 3.32. The average Bonchev–Trinajstić information content (AvgIpc) is 3.15. The molecule has 138 valence electrons. The number of benzene rings is 2. The summed E-state index contributed by atoms with van der Waals surface area (Å²) < 4.78 is 6.58. The standard InChI is InChI=1S/C21H25BrN2O2/c1-16-12-19(8-9-20(16)22)26-15-21(25)23-13-17-4-6-18(7-5-17)14-24-10-2-3-11-24/h4-9,12H,2-3,10-11,13-15H2,1H3,(H,23,25). The molecular weight excluding hydrogens is 392 g/mol. The van der Waals surface area contributed by atoms with Crippen LogP contribution in [0.15, 0.2) is 46.9 Å². The van der Waals surface area contributed by atoms with E-state index in [9.17, 15) is 4.79 Å². The predicted octanol–water partition coefficient (Wildman–Crippen LogP) is 4.05. The molecule has 2 aromatic rings. The molecular formula is C21H25BrN2O2. The summed E-state index contributed by atoms with van der Waals surface area (Å²) in [6.45, 7) is 5.96. The van der Waals surface area contributed by atoms with Crippen LogP contribution in [0.1, 0.15) is 29.5 Å². The minimum atomic E-state index is -0.119. The second-order valence-electron chi connectivity index (χ2n) is 6.78. The number of amides is 1. The number of aryl methyl sites for hydroxylation is 1. The lowest BCUT2D eigenvalue weighted by molar-refractivity contribution is -0.123. The second kappa shape index (κ2) is 9.19. The number of hydrogen-bond acceptors (Lipinski definition) is 3. The maximum atomic E-state index is 12.0. The largest absolute Gasteiger partial charge is 0.484 e. The summed E-state index contributed by atoms with van der Waals surface area (Å²) in [4.78, 5) is 14.5. The molecule has 3 rings (SSSR count). The highest BCUT2D eigenvalue weighted by Crippen LogP contribution is 2.21. The summed E-state index contributed by atoms with van der Waals surface area (Å²) in [5.74, 6) is 0.582. The Hall–Kier alpha value is -1.85. The predicted molar refractivity (Wildman–Crippen MR) is 107 cm³/mol. The lowest BCUT2D eigenvalue weighted by Gasteiger charge is -2.14. The van der Waals surface area contributed by atoms with Crippen molar-refractivity contribution in [3.63, 3.8) is 0 Å². The lowest BCUT2D eigenvalue weighted by atomic mass is 10.1. The molecule has 1 saturated heterocycles. The number of nitrogens with zero attached hydrogens (tertiary/aromatic N) is 1. The van der Waals surface area contributed by atoms with Crippen molar-refractivity contribution in [1.29, 1.82) is 0 Å². The molecule has 0 aliphatic carbocycles. The molecule has 0 unspecified atom stereocenters. The van der Waals surface area contributed by atoms with E-state index in [2.05, 4.69) is 50.4 Å². The van der Waals surface area contributed by atoms with Gasteiger partial charge in [-0.1, -0.05) is 40.2 Å². The molecule has 0 aromatic heterocycles. The Morgan fingerprint density at radius 1 is 1.12 bits per heavy atom. The van der Waals surface area contributed by atoms with Crippen molar-refractivity contribution >= 4 is 21.8 Å². The molecule has 2 aromatic carbocycles. The summed E-state index contributed by atoms with van der Waals surface area (Å²) in [6, 6.07) is 14.2. The van der Waals surface area contributed by atoms with Crippen LogP contribution in [0, 0.1) is 6.92 Å². The van der Waals surface area contributed by atoms with Crippen LogP contribution in [0.25, 0.3) is 0 Å². The summed E-state index contributed by atoms with van der Waals surface area (Å²) >= 11 is 3.45.